The van der Waals surface area contributed by atoms with Crippen LogP contribution in [-0.2, 0) is 0 Å². The van der Waals surface area contributed by atoms with E-state index in [0.717, 1.165) is 18.1 Å². The van der Waals surface area contributed by atoms with Gasteiger partial charge >= 0.3 is 0 Å². The van der Waals surface area contributed by atoms with E-state index in [-0.39, 0.29) is 6.04 Å². The van der Waals surface area contributed by atoms with Gasteiger partial charge in [0.05, 0.1) is 13.2 Å². The monoisotopic (exact) mass is 254 g/mol. The quantitative estimate of drug-likeness (QED) is 0.626. The van der Waals surface area contributed by atoms with Crippen LogP contribution in [0.15, 0.2) is 11.4 Å². The molecule has 1 aromatic rings. The van der Waals surface area contributed by atoms with Crippen molar-refractivity contribution in [3.63, 3.8) is 0 Å². The lowest BCUT2D eigenvalue weighted by Crippen LogP contribution is -2.29. The van der Waals surface area contributed by atoms with Crippen molar-refractivity contribution >= 4 is 11.3 Å². The van der Waals surface area contributed by atoms with Crippen LogP contribution in [0.1, 0.15) is 49.4 Å². The Morgan fingerprint density at radius 1 is 1.47 bits per heavy atom. The van der Waals surface area contributed by atoms with Gasteiger partial charge in [-0.1, -0.05) is 32.1 Å². The molecule has 0 aromatic carbocycles. The molecule has 3 N–H and O–H groups in total. The summed E-state index contributed by atoms with van der Waals surface area (Å²) in [7, 11) is 1.71. The molecular formula is C13H22N2OS. The maximum absolute atomic E-state index is 5.69. The van der Waals surface area contributed by atoms with E-state index in [9.17, 15) is 0 Å². The molecule has 1 saturated carbocycles. The zero-order valence-corrected chi connectivity index (χ0v) is 11.3. The summed E-state index contributed by atoms with van der Waals surface area (Å²) in [5.74, 6) is 7.46. The van der Waals surface area contributed by atoms with Gasteiger partial charge in [0.15, 0.2) is 0 Å². The second-order valence-electron chi connectivity index (χ2n) is 4.85. The first-order valence-electron chi connectivity index (χ1n) is 6.42. The number of hydrogen-bond acceptors (Lipinski definition) is 4. The SMILES string of the molecule is COc1csc(C(CC2CCCCC2)NN)c1. The molecule has 0 radical (unpaired) electrons. The Balaban J connectivity index is 1.95. The van der Waals surface area contributed by atoms with E-state index in [0.29, 0.717) is 0 Å². The van der Waals surface area contributed by atoms with Crippen LogP contribution >= 0.6 is 11.3 Å². The maximum atomic E-state index is 5.69. The van der Waals surface area contributed by atoms with Gasteiger partial charge in [-0.05, 0) is 18.4 Å². The van der Waals surface area contributed by atoms with E-state index in [1.165, 1.54) is 37.0 Å². The molecule has 2 rings (SSSR count). The number of rotatable bonds is 5. The molecule has 1 atom stereocenters. The van der Waals surface area contributed by atoms with Crippen LogP contribution in [-0.4, -0.2) is 7.11 Å². The lowest BCUT2D eigenvalue weighted by Gasteiger charge is -2.25. The molecule has 1 heterocycles. The summed E-state index contributed by atoms with van der Waals surface area (Å²) in [5.41, 5.74) is 2.96. The molecule has 1 aliphatic rings. The maximum Gasteiger partial charge on any atom is 0.129 e. The van der Waals surface area contributed by atoms with E-state index >= 15 is 0 Å². The smallest absolute Gasteiger partial charge is 0.129 e. The average molecular weight is 254 g/mol. The van der Waals surface area contributed by atoms with Gasteiger partial charge in [-0.15, -0.1) is 11.3 Å². The van der Waals surface area contributed by atoms with Crippen LogP contribution < -0.4 is 16.0 Å². The van der Waals surface area contributed by atoms with E-state index < -0.39 is 0 Å². The normalized spacial score (nSPS) is 19.2. The molecular weight excluding hydrogens is 232 g/mol. The Morgan fingerprint density at radius 3 is 2.82 bits per heavy atom. The largest absolute Gasteiger partial charge is 0.496 e. The second-order valence-corrected chi connectivity index (χ2v) is 5.79. The number of hydrazine groups is 1. The molecule has 0 spiro atoms. The fraction of sp³-hybridized carbons (Fsp3) is 0.692. The van der Waals surface area contributed by atoms with Crippen LogP contribution in [0.3, 0.4) is 0 Å². The lowest BCUT2D eigenvalue weighted by molar-refractivity contribution is 0.302. The van der Waals surface area contributed by atoms with Gasteiger partial charge in [0, 0.05) is 10.3 Å². The predicted molar refractivity (Wildman–Crippen MR) is 72.1 cm³/mol. The van der Waals surface area contributed by atoms with E-state index in [4.69, 9.17) is 10.6 Å². The predicted octanol–water partition coefficient (Wildman–Crippen LogP) is 3.23. The van der Waals surface area contributed by atoms with Gasteiger partial charge in [-0.3, -0.25) is 11.3 Å². The molecule has 1 unspecified atom stereocenters. The van der Waals surface area contributed by atoms with E-state index in [1.54, 1.807) is 18.4 Å². The van der Waals surface area contributed by atoms with Crippen LogP contribution in [0.4, 0.5) is 0 Å². The highest BCUT2D eigenvalue weighted by Crippen LogP contribution is 2.34. The Hall–Kier alpha value is -0.580. The standard InChI is InChI=1S/C13H22N2OS/c1-16-11-8-13(17-9-11)12(15-14)7-10-5-3-2-4-6-10/h8-10,12,15H,2-7,14H2,1H3. The fourth-order valence-corrected chi connectivity index (χ4v) is 3.58. The average Bonchev–Trinajstić information content (AvgIpc) is 2.86. The fourth-order valence-electron chi connectivity index (χ4n) is 2.65. The highest BCUT2D eigenvalue weighted by atomic mass is 32.1. The highest BCUT2D eigenvalue weighted by molar-refractivity contribution is 7.10. The van der Waals surface area contributed by atoms with Crippen LogP contribution in [0.25, 0.3) is 0 Å². The first kappa shape index (κ1) is 12.9. The van der Waals surface area contributed by atoms with Gasteiger partial charge < -0.3 is 4.74 Å². The number of methoxy groups -OCH3 is 1. The van der Waals surface area contributed by atoms with Crippen LogP contribution in [0, 0.1) is 5.92 Å². The second kappa shape index (κ2) is 6.38. The van der Waals surface area contributed by atoms with Crippen molar-refractivity contribution in [2.24, 2.45) is 11.8 Å². The van der Waals surface area contributed by atoms with Crippen molar-refractivity contribution in [1.29, 1.82) is 0 Å². The number of ether oxygens (including phenoxy) is 1. The molecule has 1 fully saturated rings. The summed E-state index contributed by atoms with van der Waals surface area (Å²) in [6.45, 7) is 0. The molecule has 1 aliphatic carbocycles. The molecule has 0 aliphatic heterocycles. The van der Waals surface area contributed by atoms with Crippen molar-refractivity contribution in [2.75, 3.05) is 7.11 Å². The molecule has 0 amide bonds. The summed E-state index contributed by atoms with van der Waals surface area (Å²) < 4.78 is 5.22. The zero-order chi connectivity index (χ0) is 12.1. The van der Waals surface area contributed by atoms with Gasteiger partial charge in [0.1, 0.15) is 5.75 Å². The molecule has 0 bridgehead atoms. The Morgan fingerprint density at radius 2 is 2.24 bits per heavy atom. The molecule has 1 aromatic heterocycles. The van der Waals surface area contributed by atoms with Crippen molar-refractivity contribution in [1.82, 2.24) is 5.43 Å². The van der Waals surface area contributed by atoms with Gasteiger partial charge in [-0.25, -0.2) is 0 Å². The van der Waals surface area contributed by atoms with E-state index in [2.05, 4.69) is 11.5 Å². The Bertz CT molecular complexity index is 334. The van der Waals surface area contributed by atoms with Gasteiger partial charge in [0.2, 0.25) is 0 Å². The molecule has 4 heteroatoms. The molecule has 17 heavy (non-hydrogen) atoms. The summed E-state index contributed by atoms with van der Waals surface area (Å²) in [4.78, 5) is 1.29. The summed E-state index contributed by atoms with van der Waals surface area (Å²) in [6.07, 6.45) is 8.05. The van der Waals surface area contributed by atoms with Crippen LogP contribution in [0.5, 0.6) is 5.75 Å². The third kappa shape index (κ3) is 3.44. The Labute approximate surface area is 107 Å². The summed E-state index contributed by atoms with van der Waals surface area (Å²) >= 11 is 1.73. The van der Waals surface area contributed by atoms with E-state index in [1.807, 2.05) is 5.38 Å². The number of nitrogens with two attached hydrogens (primary N) is 1. The molecule has 0 saturated heterocycles. The minimum absolute atomic E-state index is 0.284. The summed E-state index contributed by atoms with van der Waals surface area (Å²) in [6, 6.07) is 2.38. The summed E-state index contributed by atoms with van der Waals surface area (Å²) in [5, 5.41) is 2.04. The zero-order valence-electron chi connectivity index (χ0n) is 10.4. The third-order valence-corrected chi connectivity index (χ3v) is 4.69. The van der Waals surface area contributed by atoms with Crippen molar-refractivity contribution in [2.45, 2.75) is 44.6 Å². The first-order valence-corrected chi connectivity index (χ1v) is 7.30. The number of nitrogens with one attached hydrogen (secondary N) is 1. The minimum atomic E-state index is 0.284. The highest BCUT2D eigenvalue weighted by Gasteiger charge is 2.20. The van der Waals surface area contributed by atoms with Crippen molar-refractivity contribution in [3.8, 4) is 5.75 Å². The number of hydrogen-bond donors (Lipinski definition) is 2. The lowest BCUT2D eigenvalue weighted by atomic mass is 9.84. The van der Waals surface area contributed by atoms with Crippen molar-refractivity contribution < 1.29 is 4.74 Å². The van der Waals surface area contributed by atoms with Gasteiger partial charge in [0.25, 0.3) is 0 Å². The van der Waals surface area contributed by atoms with Gasteiger partial charge in [-0.2, -0.15) is 0 Å². The topological polar surface area (TPSA) is 47.3 Å². The van der Waals surface area contributed by atoms with Crippen LogP contribution in [0.2, 0.25) is 0 Å². The Kier molecular flexibility index (Phi) is 4.83. The first-order chi connectivity index (χ1) is 8.33. The number of thiophene rings is 1. The molecule has 3 nitrogen and oxygen atoms in total. The van der Waals surface area contributed by atoms with Crippen molar-refractivity contribution in [3.05, 3.63) is 16.3 Å². The minimum Gasteiger partial charge on any atom is -0.496 e. The third-order valence-electron chi connectivity index (χ3n) is 3.67. The molecule has 96 valence electrons.